The van der Waals surface area contributed by atoms with E-state index in [1.54, 1.807) is 6.07 Å². The fraction of sp³-hybridized carbons (Fsp3) is 0.333. The zero-order valence-electron chi connectivity index (χ0n) is 14.5. The largest absolute Gasteiger partial charge is 0.368 e. The molecule has 0 atom stereocenters. The van der Waals surface area contributed by atoms with Crippen molar-refractivity contribution in [2.75, 3.05) is 31.1 Å². The van der Waals surface area contributed by atoms with Crippen LogP contribution < -0.4 is 4.90 Å². The summed E-state index contributed by atoms with van der Waals surface area (Å²) in [5.41, 5.74) is 3.47. The summed E-state index contributed by atoms with van der Waals surface area (Å²) in [7, 11) is -3.39. The van der Waals surface area contributed by atoms with Gasteiger partial charge in [-0.1, -0.05) is 23.4 Å². The minimum absolute atomic E-state index is 0.124. The van der Waals surface area contributed by atoms with Gasteiger partial charge in [0.15, 0.2) is 0 Å². The number of aryl methyl sites for hydroxylation is 1. The van der Waals surface area contributed by atoms with Gasteiger partial charge in [-0.25, -0.2) is 8.42 Å². The van der Waals surface area contributed by atoms with Gasteiger partial charge in [-0.2, -0.15) is 4.31 Å². The van der Waals surface area contributed by atoms with Crippen LogP contribution in [0.15, 0.2) is 47.2 Å². The van der Waals surface area contributed by atoms with Crippen molar-refractivity contribution in [3.8, 4) is 0 Å². The van der Waals surface area contributed by atoms with E-state index in [-0.39, 0.29) is 5.75 Å². The van der Waals surface area contributed by atoms with Gasteiger partial charge in [0, 0.05) is 49.0 Å². The third kappa shape index (κ3) is 3.30. The molecule has 0 amide bonds. The zero-order valence-corrected chi connectivity index (χ0v) is 15.3. The average molecular weight is 372 g/mol. The monoisotopic (exact) mass is 372 g/mol. The van der Waals surface area contributed by atoms with Crippen molar-refractivity contribution in [2.45, 2.75) is 12.7 Å². The van der Waals surface area contributed by atoms with Crippen LogP contribution in [0.4, 0.5) is 5.69 Å². The molecular formula is C18H20N4O3S. The van der Waals surface area contributed by atoms with Gasteiger partial charge in [0.25, 0.3) is 0 Å². The van der Waals surface area contributed by atoms with Gasteiger partial charge in [0.2, 0.25) is 10.0 Å². The summed E-state index contributed by atoms with van der Waals surface area (Å²) in [5.74, 6) is -0.124. The Morgan fingerprint density at radius 2 is 1.88 bits per heavy atom. The first kappa shape index (κ1) is 17.0. The highest BCUT2D eigenvalue weighted by atomic mass is 32.2. The molecule has 7 nitrogen and oxygen atoms in total. The Labute approximate surface area is 152 Å². The van der Waals surface area contributed by atoms with Gasteiger partial charge in [0.1, 0.15) is 12.0 Å². The lowest BCUT2D eigenvalue weighted by atomic mass is 10.1. The molecule has 136 valence electrons. The number of pyridine rings is 1. The van der Waals surface area contributed by atoms with E-state index in [1.807, 2.05) is 25.1 Å². The Balaban J connectivity index is 1.52. The van der Waals surface area contributed by atoms with Crippen LogP contribution >= 0.6 is 0 Å². The molecule has 1 saturated heterocycles. The fourth-order valence-corrected chi connectivity index (χ4v) is 4.77. The molecule has 0 saturated carbocycles. The van der Waals surface area contributed by atoms with Crippen molar-refractivity contribution >= 4 is 26.6 Å². The topological polar surface area (TPSA) is 79.5 Å². The van der Waals surface area contributed by atoms with E-state index in [4.69, 9.17) is 4.52 Å². The first-order chi connectivity index (χ1) is 12.5. The van der Waals surface area contributed by atoms with E-state index < -0.39 is 10.0 Å². The van der Waals surface area contributed by atoms with Crippen LogP contribution in [-0.2, 0) is 15.8 Å². The van der Waals surface area contributed by atoms with Crippen LogP contribution in [0.3, 0.4) is 0 Å². The number of fused-ring (bicyclic) bond motifs is 1. The van der Waals surface area contributed by atoms with Gasteiger partial charge in [-0.3, -0.25) is 4.98 Å². The van der Waals surface area contributed by atoms with Gasteiger partial charge < -0.3 is 9.42 Å². The van der Waals surface area contributed by atoms with Crippen molar-refractivity contribution in [1.29, 1.82) is 0 Å². The van der Waals surface area contributed by atoms with E-state index in [9.17, 15) is 8.42 Å². The molecule has 0 N–H and O–H groups in total. The Bertz CT molecular complexity index is 1010. The van der Waals surface area contributed by atoms with Crippen LogP contribution in [0.2, 0.25) is 0 Å². The molecule has 0 radical (unpaired) electrons. The molecule has 2 aromatic heterocycles. The van der Waals surface area contributed by atoms with E-state index in [0.717, 1.165) is 22.3 Å². The number of sulfonamides is 1. The third-order valence-corrected chi connectivity index (χ3v) is 6.43. The molecular weight excluding hydrogens is 352 g/mol. The Hall–Kier alpha value is -2.45. The Morgan fingerprint density at radius 1 is 1.12 bits per heavy atom. The summed E-state index contributed by atoms with van der Waals surface area (Å²) >= 11 is 0. The zero-order chi connectivity index (χ0) is 18.1. The molecule has 3 heterocycles. The second-order valence-electron chi connectivity index (χ2n) is 6.43. The van der Waals surface area contributed by atoms with Crippen LogP contribution in [0.25, 0.3) is 10.9 Å². The number of anilines is 1. The molecule has 0 spiro atoms. The number of benzene rings is 1. The van der Waals surface area contributed by atoms with Crippen LogP contribution in [0.5, 0.6) is 0 Å². The molecule has 1 aliphatic heterocycles. The minimum Gasteiger partial charge on any atom is -0.368 e. The molecule has 4 rings (SSSR count). The molecule has 1 fully saturated rings. The molecule has 3 aromatic rings. The number of aromatic nitrogens is 2. The molecule has 26 heavy (non-hydrogen) atoms. The predicted molar refractivity (Wildman–Crippen MR) is 99.4 cm³/mol. The number of piperazine rings is 1. The SMILES string of the molecule is Cc1cc(N2CCN(S(=O)(=O)Cc3ccon3)CC2)c2ccccc2n1. The lowest BCUT2D eigenvalue weighted by molar-refractivity contribution is 0.382. The van der Waals surface area contributed by atoms with Crippen LogP contribution in [-0.4, -0.2) is 49.0 Å². The summed E-state index contributed by atoms with van der Waals surface area (Å²) in [4.78, 5) is 6.81. The molecule has 0 aliphatic carbocycles. The van der Waals surface area contributed by atoms with Crippen LogP contribution in [0, 0.1) is 6.92 Å². The average Bonchev–Trinajstić information content (AvgIpc) is 3.13. The normalized spacial score (nSPS) is 16.3. The number of hydrogen-bond acceptors (Lipinski definition) is 6. The van der Waals surface area contributed by atoms with Crippen LogP contribution in [0.1, 0.15) is 11.4 Å². The quantitative estimate of drug-likeness (QED) is 0.698. The number of para-hydroxylation sites is 1. The summed E-state index contributed by atoms with van der Waals surface area (Å²) in [6, 6.07) is 11.7. The standard InChI is InChI=1S/C18H20N4O3S/c1-14-12-18(16-4-2-3-5-17(16)19-14)21-7-9-22(10-8-21)26(23,24)13-15-6-11-25-20-15/h2-6,11-12H,7-10,13H2,1H3. The highest BCUT2D eigenvalue weighted by molar-refractivity contribution is 7.88. The van der Waals surface area contributed by atoms with Crippen molar-refractivity contribution < 1.29 is 12.9 Å². The van der Waals surface area contributed by atoms with Gasteiger partial charge in [-0.15, -0.1) is 0 Å². The van der Waals surface area contributed by atoms with E-state index in [2.05, 4.69) is 27.2 Å². The van der Waals surface area contributed by atoms with E-state index in [1.165, 1.54) is 10.6 Å². The summed E-state index contributed by atoms with van der Waals surface area (Å²) in [5, 5.41) is 4.80. The Kier molecular flexibility index (Phi) is 4.37. The maximum Gasteiger partial charge on any atom is 0.220 e. The smallest absolute Gasteiger partial charge is 0.220 e. The maximum atomic E-state index is 12.6. The summed E-state index contributed by atoms with van der Waals surface area (Å²) < 4.78 is 31.4. The lowest BCUT2D eigenvalue weighted by Crippen LogP contribution is -2.49. The highest BCUT2D eigenvalue weighted by Crippen LogP contribution is 2.28. The predicted octanol–water partition coefficient (Wildman–Crippen LogP) is 2.18. The third-order valence-electron chi connectivity index (χ3n) is 4.62. The first-order valence-electron chi connectivity index (χ1n) is 8.51. The van der Waals surface area contributed by atoms with Crippen molar-refractivity contribution in [3.63, 3.8) is 0 Å². The number of hydrogen-bond donors (Lipinski definition) is 0. The molecule has 1 aliphatic rings. The summed E-state index contributed by atoms with van der Waals surface area (Å²) in [6.45, 7) is 4.18. The second-order valence-corrected chi connectivity index (χ2v) is 8.40. The summed E-state index contributed by atoms with van der Waals surface area (Å²) in [6.07, 6.45) is 1.39. The number of rotatable bonds is 4. The van der Waals surface area contributed by atoms with E-state index >= 15 is 0 Å². The molecule has 0 bridgehead atoms. The lowest BCUT2D eigenvalue weighted by Gasteiger charge is -2.35. The second kappa shape index (κ2) is 6.69. The first-order valence-corrected chi connectivity index (χ1v) is 10.1. The van der Waals surface area contributed by atoms with Gasteiger partial charge >= 0.3 is 0 Å². The number of nitrogens with zero attached hydrogens (tertiary/aromatic N) is 4. The maximum absolute atomic E-state index is 12.6. The van der Waals surface area contributed by atoms with E-state index in [0.29, 0.717) is 31.9 Å². The molecule has 0 unspecified atom stereocenters. The fourth-order valence-electron chi connectivity index (χ4n) is 3.34. The van der Waals surface area contributed by atoms with Gasteiger partial charge in [0.05, 0.1) is 11.2 Å². The van der Waals surface area contributed by atoms with Crippen molar-refractivity contribution in [2.24, 2.45) is 0 Å². The van der Waals surface area contributed by atoms with Crippen molar-refractivity contribution in [3.05, 3.63) is 54.0 Å². The minimum atomic E-state index is -3.39. The van der Waals surface area contributed by atoms with Gasteiger partial charge in [-0.05, 0) is 19.1 Å². The Morgan fingerprint density at radius 3 is 2.62 bits per heavy atom. The highest BCUT2D eigenvalue weighted by Gasteiger charge is 2.28. The molecule has 8 heteroatoms. The molecule has 1 aromatic carbocycles. The van der Waals surface area contributed by atoms with Crippen molar-refractivity contribution in [1.82, 2.24) is 14.4 Å².